The maximum Gasteiger partial charge on any atom is 0.306 e. The van der Waals surface area contributed by atoms with Crippen LogP contribution >= 0.6 is 0 Å². The Hall–Kier alpha value is -1.59. The Morgan fingerprint density at radius 2 is 0.647 bits per heavy atom. The monoisotopic (exact) mass is 723 g/mol. The summed E-state index contributed by atoms with van der Waals surface area (Å²) < 4.78 is 16.7. The van der Waals surface area contributed by atoms with E-state index in [-0.39, 0.29) is 31.1 Å². The van der Waals surface area contributed by atoms with Crippen molar-refractivity contribution in [3.63, 3.8) is 0 Å². The molecule has 51 heavy (non-hydrogen) atoms. The smallest absolute Gasteiger partial charge is 0.306 e. The topological polar surface area (TPSA) is 78.9 Å². The van der Waals surface area contributed by atoms with Crippen LogP contribution in [0.2, 0.25) is 0 Å². The molecular formula is C45H86O6. The molecular weight excluding hydrogens is 636 g/mol. The molecule has 0 heterocycles. The fraction of sp³-hybridized carbons (Fsp3) is 0.933. The predicted molar refractivity (Wildman–Crippen MR) is 215 cm³/mol. The van der Waals surface area contributed by atoms with Crippen LogP contribution in [0, 0.1) is 11.8 Å². The van der Waals surface area contributed by atoms with E-state index in [0.717, 1.165) is 69.6 Å². The minimum absolute atomic E-state index is 0.0666. The van der Waals surface area contributed by atoms with Gasteiger partial charge in [0.2, 0.25) is 0 Å². The molecule has 0 aromatic heterocycles. The minimum atomic E-state index is -0.760. The molecule has 0 fully saturated rings. The van der Waals surface area contributed by atoms with Crippen molar-refractivity contribution in [1.29, 1.82) is 0 Å². The maximum atomic E-state index is 12.7. The van der Waals surface area contributed by atoms with Crippen molar-refractivity contribution in [2.24, 2.45) is 11.8 Å². The molecule has 0 saturated carbocycles. The van der Waals surface area contributed by atoms with E-state index in [2.05, 4.69) is 34.6 Å². The van der Waals surface area contributed by atoms with Crippen molar-refractivity contribution in [3.8, 4) is 0 Å². The second kappa shape index (κ2) is 38.1. The Bertz CT molecular complexity index is 779. The molecule has 1 atom stereocenters. The summed E-state index contributed by atoms with van der Waals surface area (Å²) in [4.78, 5) is 37.6. The molecule has 0 N–H and O–H groups in total. The highest BCUT2D eigenvalue weighted by Crippen LogP contribution is 2.16. The van der Waals surface area contributed by atoms with E-state index in [0.29, 0.717) is 19.3 Å². The zero-order valence-electron chi connectivity index (χ0n) is 34.7. The molecule has 6 nitrogen and oxygen atoms in total. The van der Waals surface area contributed by atoms with Gasteiger partial charge in [0.25, 0.3) is 0 Å². The highest BCUT2D eigenvalue weighted by molar-refractivity contribution is 5.71. The van der Waals surface area contributed by atoms with E-state index in [1.807, 2.05) is 0 Å². The van der Waals surface area contributed by atoms with Crippen LogP contribution in [0.3, 0.4) is 0 Å². The summed E-state index contributed by atoms with van der Waals surface area (Å²) in [5, 5.41) is 0. The standard InChI is InChI=1S/C45H86O6/c1-6-7-8-9-10-11-12-13-14-15-16-19-27-32-37-45(48)51-42(39-50-44(47)36-31-26-22-21-24-29-34-41(4)5)38-49-43(46)35-30-25-20-17-18-23-28-33-40(2)3/h40-42H,6-39H2,1-5H3/t42-/m1/s1. The molecule has 0 amide bonds. The summed E-state index contributed by atoms with van der Waals surface area (Å²) >= 11 is 0. The maximum absolute atomic E-state index is 12.7. The van der Waals surface area contributed by atoms with Crippen LogP contribution in [0.4, 0.5) is 0 Å². The second-order valence-corrected chi connectivity index (χ2v) is 16.3. The molecule has 302 valence electrons. The lowest BCUT2D eigenvalue weighted by Gasteiger charge is -2.18. The first kappa shape index (κ1) is 49.4. The number of ether oxygens (including phenoxy) is 3. The molecule has 0 unspecified atom stereocenters. The van der Waals surface area contributed by atoms with Gasteiger partial charge in [-0.2, -0.15) is 0 Å². The van der Waals surface area contributed by atoms with E-state index in [9.17, 15) is 14.4 Å². The van der Waals surface area contributed by atoms with Gasteiger partial charge in [-0.3, -0.25) is 14.4 Å². The minimum Gasteiger partial charge on any atom is -0.462 e. The van der Waals surface area contributed by atoms with Gasteiger partial charge in [0, 0.05) is 19.3 Å². The molecule has 0 aliphatic carbocycles. The number of hydrogen-bond acceptors (Lipinski definition) is 6. The molecule has 6 heteroatoms. The molecule has 0 aliphatic heterocycles. The van der Waals surface area contributed by atoms with Crippen molar-refractivity contribution < 1.29 is 28.6 Å². The average molecular weight is 723 g/mol. The highest BCUT2D eigenvalue weighted by Gasteiger charge is 2.19. The number of carbonyl (C=O) groups excluding carboxylic acids is 3. The summed E-state index contributed by atoms with van der Waals surface area (Å²) in [7, 11) is 0. The largest absolute Gasteiger partial charge is 0.462 e. The molecule has 0 bridgehead atoms. The van der Waals surface area contributed by atoms with E-state index in [1.54, 1.807) is 0 Å². The Labute approximate surface area is 317 Å². The third-order valence-corrected chi connectivity index (χ3v) is 9.97. The fourth-order valence-corrected chi connectivity index (χ4v) is 6.58. The zero-order valence-corrected chi connectivity index (χ0v) is 34.7. The second-order valence-electron chi connectivity index (χ2n) is 16.3. The Kier molecular flexibility index (Phi) is 37.0. The first-order chi connectivity index (χ1) is 24.7. The number of carbonyl (C=O) groups is 3. The Morgan fingerprint density at radius 1 is 0.373 bits per heavy atom. The predicted octanol–water partition coefficient (Wildman–Crippen LogP) is 13.8. The van der Waals surface area contributed by atoms with Crippen molar-refractivity contribution in [2.75, 3.05) is 13.2 Å². The molecule has 0 aliphatic rings. The van der Waals surface area contributed by atoms with Crippen LogP contribution < -0.4 is 0 Å². The van der Waals surface area contributed by atoms with Crippen molar-refractivity contribution in [2.45, 2.75) is 246 Å². The Balaban J connectivity index is 4.32. The summed E-state index contributed by atoms with van der Waals surface area (Å²) in [6.07, 6.45) is 35.3. The van der Waals surface area contributed by atoms with Gasteiger partial charge >= 0.3 is 17.9 Å². The van der Waals surface area contributed by atoms with Crippen LogP contribution in [-0.2, 0) is 28.6 Å². The van der Waals surface area contributed by atoms with E-state index < -0.39 is 6.10 Å². The lowest BCUT2D eigenvalue weighted by atomic mass is 10.0. The van der Waals surface area contributed by atoms with Gasteiger partial charge in [0.1, 0.15) is 13.2 Å². The van der Waals surface area contributed by atoms with E-state index in [1.165, 1.54) is 128 Å². The van der Waals surface area contributed by atoms with Gasteiger partial charge in [0.05, 0.1) is 0 Å². The number of rotatable bonds is 39. The molecule has 0 aromatic rings. The van der Waals surface area contributed by atoms with Crippen LogP contribution in [0.15, 0.2) is 0 Å². The molecule has 0 saturated heterocycles. The van der Waals surface area contributed by atoms with E-state index >= 15 is 0 Å². The van der Waals surface area contributed by atoms with Crippen molar-refractivity contribution in [1.82, 2.24) is 0 Å². The van der Waals surface area contributed by atoms with Gasteiger partial charge in [-0.05, 0) is 31.1 Å². The van der Waals surface area contributed by atoms with Crippen molar-refractivity contribution in [3.05, 3.63) is 0 Å². The zero-order chi connectivity index (χ0) is 37.6. The van der Waals surface area contributed by atoms with Gasteiger partial charge in [-0.15, -0.1) is 0 Å². The number of esters is 3. The third kappa shape index (κ3) is 39.5. The molecule has 0 aromatic carbocycles. The lowest BCUT2D eigenvalue weighted by molar-refractivity contribution is -0.167. The van der Waals surface area contributed by atoms with Crippen LogP contribution in [0.5, 0.6) is 0 Å². The van der Waals surface area contributed by atoms with Crippen LogP contribution in [-0.4, -0.2) is 37.2 Å². The summed E-state index contributed by atoms with van der Waals surface area (Å²) in [5.41, 5.74) is 0. The summed E-state index contributed by atoms with van der Waals surface area (Å²) in [6, 6.07) is 0. The van der Waals surface area contributed by atoms with Crippen LogP contribution in [0.25, 0.3) is 0 Å². The van der Waals surface area contributed by atoms with Gasteiger partial charge in [-0.1, -0.05) is 202 Å². The first-order valence-corrected chi connectivity index (χ1v) is 22.2. The fourth-order valence-electron chi connectivity index (χ4n) is 6.58. The summed E-state index contributed by atoms with van der Waals surface area (Å²) in [5.74, 6) is 0.679. The normalized spacial score (nSPS) is 12.1. The SMILES string of the molecule is CCCCCCCCCCCCCCCCC(=O)O[C@H](COC(=O)CCCCCCCCCC(C)C)COC(=O)CCCCCCCCC(C)C. The van der Waals surface area contributed by atoms with Crippen LogP contribution in [0.1, 0.15) is 240 Å². The quantitative estimate of drug-likeness (QED) is 0.0357. The summed E-state index contributed by atoms with van der Waals surface area (Å²) in [6.45, 7) is 11.2. The number of unbranched alkanes of at least 4 members (excludes halogenated alkanes) is 24. The third-order valence-electron chi connectivity index (χ3n) is 9.97. The van der Waals surface area contributed by atoms with Crippen molar-refractivity contribution >= 4 is 17.9 Å². The number of hydrogen-bond donors (Lipinski definition) is 0. The molecule has 0 rings (SSSR count). The van der Waals surface area contributed by atoms with Gasteiger partial charge < -0.3 is 14.2 Å². The first-order valence-electron chi connectivity index (χ1n) is 22.2. The average Bonchev–Trinajstić information content (AvgIpc) is 3.09. The molecule has 0 radical (unpaired) electrons. The van der Waals surface area contributed by atoms with E-state index in [4.69, 9.17) is 14.2 Å². The van der Waals surface area contributed by atoms with Gasteiger partial charge in [-0.25, -0.2) is 0 Å². The molecule has 0 spiro atoms. The van der Waals surface area contributed by atoms with Gasteiger partial charge in [0.15, 0.2) is 6.10 Å². The lowest BCUT2D eigenvalue weighted by Crippen LogP contribution is -2.30. The Morgan fingerprint density at radius 3 is 0.961 bits per heavy atom. The highest BCUT2D eigenvalue weighted by atomic mass is 16.6.